The molecule has 5 heteroatoms. The summed E-state index contributed by atoms with van der Waals surface area (Å²) in [7, 11) is 0. The topological polar surface area (TPSA) is 68.5 Å². The van der Waals surface area contributed by atoms with Crippen LogP contribution >= 0.6 is 0 Å². The highest BCUT2D eigenvalue weighted by molar-refractivity contribution is 6.15. The van der Waals surface area contributed by atoms with Crippen molar-refractivity contribution in [3.05, 3.63) is 155 Å². The first-order chi connectivity index (χ1) is 22.1. The lowest BCUT2D eigenvalue weighted by Gasteiger charge is -2.18. The average Bonchev–Trinajstić information content (AvgIpc) is 3.63. The third kappa shape index (κ3) is 4.91. The van der Waals surface area contributed by atoms with E-state index in [-0.39, 0.29) is 6.17 Å². The van der Waals surface area contributed by atoms with Crippen LogP contribution in [0.5, 0.6) is 0 Å². The normalized spacial score (nSPS) is 15.6. The molecule has 3 N–H and O–H groups in total. The summed E-state index contributed by atoms with van der Waals surface area (Å²) in [5.74, 6) is 0.983. The van der Waals surface area contributed by atoms with E-state index in [1.165, 1.54) is 22.2 Å². The van der Waals surface area contributed by atoms with Crippen LogP contribution in [0.25, 0.3) is 44.6 Å². The zero-order valence-electron chi connectivity index (χ0n) is 25.2. The van der Waals surface area contributed by atoms with Crippen molar-refractivity contribution >= 4 is 44.8 Å². The average molecular weight is 587 g/mol. The van der Waals surface area contributed by atoms with Crippen molar-refractivity contribution in [2.45, 2.75) is 26.1 Å². The maximum absolute atomic E-state index is 6.57. The number of nitrogens with two attached hydrogens (primary N) is 1. The van der Waals surface area contributed by atoms with E-state index in [0.29, 0.717) is 18.3 Å². The van der Waals surface area contributed by atoms with Crippen LogP contribution in [0.4, 0.5) is 0 Å². The van der Waals surface area contributed by atoms with E-state index in [9.17, 15) is 0 Å². The van der Waals surface area contributed by atoms with Gasteiger partial charge in [-0.1, -0.05) is 110 Å². The Bertz CT molecular complexity index is 2210. The molecule has 0 aliphatic heterocycles. The lowest BCUT2D eigenvalue weighted by Crippen LogP contribution is -2.24. The molecule has 2 unspecified atom stereocenters. The Morgan fingerprint density at radius 2 is 1.56 bits per heavy atom. The number of nitrogens with one attached hydrogen (secondary N) is 1. The van der Waals surface area contributed by atoms with E-state index < -0.39 is 0 Å². The number of nitrogens with zero attached hydrogens (tertiary/aromatic N) is 2. The zero-order valence-corrected chi connectivity index (χ0v) is 25.2. The number of fused-ring (bicyclic) bond motifs is 7. The number of rotatable bonds is 7. The van der Waals surface area contributed by atoms with Crippen LogP contribution in [0.2, 0.25) is 0 Å². The number of para-hydroxylation sites is 1. The molecule has 5 aromatic carbocycles. The highest BCUT2D eigenvalue weighted by Crippen LogP contribution is 2.41. The molecular formula is C40H34N4O. The van der Waals surface area contributed by atoms with Gasteiger partial charge >= 0.3 is 0 Å². The summed E-state index contributed by atoms with van der Waals surface area (Å²) in [6, 6.07) is 41.8. The fraction of sp³-hybridized carbons (Fsp3) is 0.125. The second-order valence-electron chi connectivity index (χ2n) is 11.9. The maximum Gasteiger partial charge on any atom is 0.160 e. The van der Waals surface area contributed by atoms with Crippen molar-refractivity contribution in [1.29, 1.82) is 0 Å². The molecule has 2 atom stereocenters. The minimum absolute atomic E-state index is 0.322. The van der Waals surface area contributed by atoms with Gasteiger partial charge in [0, 0.05) is 39.6 Å². The maximum atomic E-state index is 6.57. The Balaban J connectivity index is 1.24. The number of hydrogen-bond donors (Lipinski definition) is 2. The fourth-order valence-corrected chi connectivity index (χ4v) is 6.61. The van der Waals surface area contributed by atoms with Gasteiger partial charge in [0.25, 0.3) is 0 Å². The third-order valence-corrected chi connectivity index (χ3v) is 8.88. The highest BCUT2D eigenvalue weighted by atomic mass is 16.3. The van der Waals surface area contributed by atoms with Gasteiger partial charge in [-0.15, -0.1) is 0 Å². The van der Waals surface area contributed by atoms with Crippen LogP contribution in [0.1, 0.15) is 41.0 Å². The molecule has 0 fully saturated rings. The molecule has 0 spiro atoms. The van der Waals surface area contributed by atoms with Crippen molar-refractivity contribution in [1.82, 2.24) is 9.88 Å². The van der Waals surface area contributed by atoms with Gasteiger partial charge in [-0.25, -0.2) is 4.99 Å². The summed E-state index contributed by atoms with van der Waals surface area (Å²) < 4.78 is 8.94. The molecule has 0 saturated heterocycles. The molecule has 1 aliphatic carbocycles. The second kappa shape index (κ2) is 11.3. The van der Waals surface area contributed by atoms with Crippen molar-refractivity contribution in [2.24, 2.45) is 16.6 Å². The van der Waals surface area contributed by atoms with Crippen LogP contribution in [0.15, 0.2) is 137 Å². The van der Waals surface area contributed by atoms with E-state index in [4.69, 9.17) is 15.1 Å². The van der Waals surface area contributed by atoms with E-state index in [1.807, 2.05) is 42.5 Å². The summed E-state index contributed by atoms with van der Waals surface area (Å²) in [5, 5.41) is 7.16. The molecule has 0 radical (unpaired) electrons. The lowest BCUT2D eigenvalue weighted by molar-refractivity contribution is 0.554. The van der Waals surface area contributed by atoms with Crippen LogP contribution in [0, 0.1) is 5.92 Å². The minimum Gasteiger partial charge on any atom is -0.454 e. The predicted molar refractivity (Wildman–Crippen MR) is 186 cm³/mol. The summed E-state index contributed by atoms with van der Waals surface area (Å²) in [4.78, 5) is 4.97. The van der Waals surface area contributed by atoms with Gasteiger partial charge in [0.2, 0.25) is 0 Å². The summed E-state index contributed by atoms with van der Waals surface area (Å²) in [6.07, 6.45) is 5.27. The lowest BCUT2D eigenvalue weighted by atomic mass is 9.93. The molecule has 7 aromatic rings. The quantitative estimate of drug-likeness (QED) is 0.145. The van der Waals surface area contributed by atoms with Gasteiger partial charge < -0.3 is 14.7 Å². The van der Waals surface area contributed by atoms with Gasteiger partial charge in [0.15, 0.2) is 5.58 Å². The van der Waals surface area contributed by atoms with Crippen molar-refractivity contribution < 1.29 is 4.42 Å². The van der Waals surface area contributed by atoms with Gasteiger partial charge in [-0.3, -0.25) is 5.32 Å². The fourth-order valence-electron chi connectivity index (χ4n) is 6.61. The van der Waals surface area contributed by atoms with E-state index in [2.05, 4.69) is 108 Å². The Labute approximate surface area is 262 Å². The minimum atomic E-state index is -0.322. The first-order valence-electron chi connectivity index (χ1n) is 15.6. The van der Waals surface area contributed by atoms with Gasteiger partial charge in [0.05, 0.1) is 5.52 Å². The first-order valence-corrected chi connectivity index (χ1v) is 15.6. The first kappa shape index (κ1) is 27.2. The number of hydrogen-bond acceptors (Lipinski definition) is 3. The number of amidine groups is 1. The number of aromatic nitrogens is 1. The van der Waals surface area contributed by atoms with E-state index in [0.717, 1.165) is 50.7 Å². The molecule has 5 nitrogen and oxygen atoms in total. The number of furan rings is 1. The molecule has 0 bridgehead atoms. The molecule has 0 saturated carbocycles. The molecule has 220 valence electrons. The molecule has 1 aliphatic rings. The standard InChI is InChI=1S/C40H34N4O/c1-26-16-23-35-34(24-26)32-21-22-33-31-14-8-9-15-36(31)45-38(33)37(32)44(35)30-19-17-29(18-20-30)40(42-25-27-10-4-2-5-11-27)43-39(41)28-12-6-3-7-13-28/h2-23,26,40,42H,24-25H2,1H3,(H2,41,43). The van der Waals surface area contributed by atoms with Crippen LogP contribution in [-0.4, -0.2) is 10.4 Å². The van der Waals surface area contributed by atoms with Crippen molar-refractivity contribution in [3.8, 4) is 5.69 Å². The molecule has 0 amide bonds. The second-order valence-corrected chi connectivity index (χ2v) is 11.9. The molecule has 45 heavy (non-hydrogen) atoms. The Morgan fingerprint density at radius 1 is 0.844 bits per heavy atom. The van der Waals surface area contributed by atoms with E-state index in [1.54, 1.807) is 0 Å². The third-order valence-electron chi connectivity index (χ3n) is 8.88. The molecule has 2 heterocycles. The van der Waals surface area contributed by atoms with Gasteiger partial charge in [-0.2, -0.15) is 0 Å². The zero-order chi connectivity index (χ0) is 30.3. The Morgan fingerprint density at radius 3 is 2.36 bits per heavy atom. The smallest absolute Gasteiger partial charge is 0.160 e. The van der Waals surface area contributed by atoms with E-state index >= 15 is 0 Å². The van der Waals surface area contributed by atoms with Crippen LogP contribution < -0.4 is 11.1 Å². The summed E-state index contributed by atoms with van der Waals surface area (Å²) in [5.41, 5.74) is 16.3. The van der Waals surface area contributed by atoms with Gasteiger partial charge in [0.1, 0.15) is 17.6 Å². The number of aliphatic imine (C=N–C) groups is 1. The van der Waals surface area contributed by atoms with Crippen molar-refractivity contribution in [3.63, 3.8) is 0 Å². The Hall–Kier alpha value is -5.39. The monoisotopic (exact) mass is 586 g/mol. The van der Waals surface area contributed by atoms with Crippen LogP contribution in [0.3, 0.4) is 0 Å². The molecule has 2 aromatic heterocycles. The largest absolute Gasteiger partial charge is 0.454 e. The Kier molecular flexibility index (Phi) is 6.81. The summed E-state index contributed by atoms with van der Waals surface area (Å²) >= 11 is 0. The SMILES string of the molecule is CC1C=Cc2c(c3ccc4c5ccccc5oc4c3n2-c2ccc(C(N=C(N)c3ccccc3)NCc3ccccc3)cc2)C1. The van der Waals surface area contributed by atoms with Crippen molar-refractivity contribution in [2.75, 3.05) is 0 Å². The van der Waals surface area contributed by atoms with Crippen LogP contribution in [-0.2, 0) is 13.0 Å². The number of allylic oxidation sites excluding steroid dienone is 1. The predicted octanol–water partition coefficient (Wildman–Crippen LogP) is 8.93. The van der Waals surface area contributed by atoms with Gasteiger partial charge in [-0.05, 0) is 59.4 Å². The molecular weight excluding hydrogens is 552 g/mol. The number of benzene rings is 5. The highest BCUT2D eigenvalue weighted by Gasteiger charge is 2.24. The molecule has 8 rings (SSSR count). The summed E-state index contributed by atoms with van der Waals surface area (Å²) in [6.45, 7) is 2.95.